The van der Waals surface area contributed by atoms with Crippen LogP contribution < -0.4 is 0 Å². The highest BCUT2D eigenvalue weighted by Gasteiger charge is 2.23. The predicted octanol–water partition coefficient (Wildman–Crippen LogP) is 1.47. The number of nitrogens with zero attached hydrogens (tertiary/aromatic N) is 3. The Hall–Kier alpha value is -0.490. The molecule has 1 saturated heterocycles. The highest BCUT2D eigenvalue weighted by molar-refractivity contribution is 7.11. The van der Waals surface area contributed by atoms with E-state index >= 15 is 0 Å². The number of thiazole rings is 1. The maximum atomic E-state index is 10.1. The summed E-state index contributed by atoms with van der Waals surface area (Å²) in [5.74, 6) is 0. The second-order valence-electron chi connectivity index (χ2n) is 5.98. The molecule has 1 aromatic heterocycles. The molecule has 1 aliphatic rings. The summed E-state index contributed by atoms with van der Waals surface area (Å²) in [6.07, 6.45) is 0.991. The van der Waals surface area contributed by atoms with Gasteiger partial charge in [-0.05, 0) is 27.8 Å². The van der Waals surface area contributed by atoms with Gasteiger partial charge in [-0.2, -0.15) is 0 Å². The van der Waals surface area contributed by atoms with Crippen molar-refractivity contribution in [3.63, 3.8) is 0 Å². The Morgan fingerprint density at radius 3 is 2.42 bits per heavy atom. The number of hydrogen-bond acceptors (Lipinski definition) is 5. The molecule has 0 bridgehead atoms. The van der Waals surface area contributed by atoms with Crippen molar-refractivity contribution in [3.05, 3.63) is 15.6 Å². The lowest BCUT2D eigenvalue weighted by atomic mass is 10.1. The van der Waals surface area contributed by atoms with Crippen LogP contribution in [0.15, 0.2) is 0 Å². The average molecular weight is 283 g/mol. The fraction of sp³-hybridized carbons (Fsp3) is 0.786. The molecule has 0 spiro atoms. The lowest BCUT2D eigenvalue weighted by molar-refractivity contribution is 0.0817. The van der Waals surface area contributed by atoms with Crippen LogP contribution in [0.2, 0.25) is 0 Å². The molecule has 108 valence electrons. The average Bonchev–Trinajstić information content (AvgIpc) is 2.70. The molecule has 2 rings (SSSR count). The molecule has 1 aromatic rings. The van der Waals surface area contributed by atoms with Gasteiger partial charge in [0, 0.05) is 39.1 Å². The van der Waals surface area contributed by atoms with Crippen LogP contribution in [0.25, 0.3) is 0 Å². The van der Waals surface area contributed by atoms with Crippen molar-refractivity contribution < 1.29 is 5.11 Å². The van der Waals surface area contributed by atoms with E-state index in [1.54, 1.807) is 11.3 Å². The Balaban J connectivity index is 1.90. The SMILES string of the molecule is Cc1nc(CCN2CCN(C)CC2)sc1C(C)(C)O. The summed E-state index contributed by atoms with van der Waals surface area (Å²) in [5.41, 5.74) is 0.208. The van der Waals surface area contributed by atoms with Gasteiger partial charge in [0.15, 0.2) is 0 Å². The molecule has 0 amide bonds. The quantitative estimate of drug-likeness (QED) is 0.908. The minimum Gasteiger partial charge on any atom is -0.385 e. The van der Waals surface area contributed by atoms with Gasteiger partial charge in [0.05, 0.1) is 21.2 Å². The Morgan fingerprint density at radius 1 is 1.26 bits per heavy atom. The summed E-state index contributed by atoms with van der Waals surface area (Å²) in [6.45, 7) is 11.3. The van der Waals surface area contributed by atoms with Crippen LogP contribution in [0.1, 0.15) is 29.4 Å². The summed E-state index contributed by atoms with van der Waals surface area (Å²) >= 11 is 1.66. The molecule has 0 atom stereocenters. The summed E-state index contributed by atoms with van der Waals surface area (Å²) in [5, 5.41) is 11.2. The summed E-state index contributed by atoms with van der Waals surface area (Å²) < 4.78 is 0. The van der Waals surface area contributed by atoms with Crippen molar-refractivity contribution in [1.29, 1.82) is 0 Å². The van der Waals surface area contributed by atoms with Crippen molar-refractivity contribution in [1.82, 2.24) is 14.8 Å². The molecule has 1 aliphatic heterocycles. The van der Waals surface area contributed by atoms with Crippen molar-refractivity contribution in [2.24, 2.45) is 0 Å². The largest absolute Gasteiger partial charge is 0.385 e. The van der Waals surface area contributed by atoms with E-state index in [4.69, 9.17) is 0 Å². The maximum absolute atomic E-state index is 10.1. The molecule has 0 unspecified atom stereocenters. The summed E-state index contributed by atoms with van der Waals surface area (Å²) in [6, 6.07) is 0. The Morgan fingerprint density at radius 2 is 1.89 bits per heavy atom. The van der Waals surface area contributed by atoms with E-state index in [9.17, 15) is 5.11 Å². The van der Waals surface area contributed by atoms with Gasteiger partial charge >= 0.3 is 0 Å². The van der Waals surface area contributed by atoms with Gasteiger partial charge in [-0.1, -0.05) is 0 Å². The van der Waals surface area contributed by atoms with Gasteiger partial charge in [-0.15, -0.1) is 11.3 Å². The summed E-state index contributed by atoms with van der Waals surface area (Å²) in [7, 11) is 2.18. The molecule has 0 saturated carbocycles. The Labute approximate surface area is 120 Å². The molecule has 2 heterocycles. The van der Waals surface area contributed by atoms with E-state index in [0.29, 0.717) is 0 Å². The van der Waals surface area contributed by atoms with E-state index in [-0.39, 0.29) is 0 Å². The molecule has 0 aliphatic carbocycles. The number of aryl methyl sites for hydroxylation is 1. The van der Waals surface area contributed by atoms with E-state index in [1.807, 2.05) is 20.8 Å². The normalized spacial score (nSPS) is 19.0. The molecular weight excluding hydrogens is 258 g/mol. The van der Waals surface area contributed by atoms with Crippen LogP contribution >= 0.6 is 11.3 Å². The van der Waals surface area contributed by atoms with Crippen molar-refractivity contribution >= 4 is 11.3 Å². The van der Waals surface area contributed by atoms with Crippen molar-refractivity contribution in [3.8, 4) is 0 Å². The summed E-state index contributed by atoms with van der Waals surface area (Å²) in [4.78, 5) is 10.5. The first-order valence-corrected chi connectivity index (χ1v) is 7.78. The first-order chi connectivity index (χ1) is 8.86. The van der Waals surface area contributed by atoms with Gasteiger partial charge in [0.1, 0.15) is 0 Å². The van der Waals surface area contributed by atoms with Crippen LogP contribution in [0.3, 0.4) is 0 Å². The van der Waals surface area contributed by atoms with Gasteiger partial charge in [-0.3, -0.25) is 0 Å². The van der Waals surface area contributed by atoms with Crippen molar-refractivity contribution in [2.45, 2.75) is 32.8 Å². The molecular formula is C14H25N3OS. The van der Waals surface area contributed by atoms with Gasteiger partial charge < -0.3 is 14.9 Å². The highest BCUT2D eigenvalue weighted by Crippen LogP contribution is 2.29. The molecule has 1 fully saturated rings. The van der Waals surface area contributed by atoms with E-state index in [1.165, 1.54) is 0 Å². The van der Waals surface area contributed by atoms with Crippen LogP contribution in [0.4, 0.5) is 0 Å². The van der Waals surface area contributed by atoms with Gasteiger partial charge in [0.25, 0.3) is 0 Å². The van der Waals surface area contributed by atoms with Gasteiger partial charge in [-0.25, -0.2) is 4.98 Å². The number of aromatic nitrogens is 1. The molecule has 19 heavy (non-hydrogen) atoms. The fourth-order valence-corrected chi connectivity index (χ4v) is 3.51. The predicted molar refractivity (Wildman–Crippen MR) is 79.7 cm³/mol. The zero-order chi connectivity index (χ0) is 14.0. The molecule has 5 heteroatoms. The van der Waals surface area contributed by atoms with Gasteiger partial charge in [0.2, 0.25) is 0 Å². The second-order valence-corrected chi connectivity index (χ2v) is 7.06. The number of likely N-dealkylation sites (N-methyl/N-ethyl adjacent to an activating group) is 1. The standard InChI is InChI=1S/C14H25N3OS/c1-11-13(14(2,3)18)19-12(15-11)5-6-17-9-7-16(4)8-10-17/h18H,5-10H2,1-4H3. The minimum absolute atomic E-state index is 0.770. The topological polar surface area (TPSA) is 39.6 Å². The van der Waals surface area contributed by atoms with E-state index < -0.39 is 5.60 Å². The third-order valence-electron chi connectivity index (χ3n) is 3.63. The smallest absolute Gasteiger partial charge is 0.0950 e. The van der Waals surface area contributed by atoms with Crippen LogP contribution in [0.5, 0.6) is 0 Å². The molecule has 1 N–H and O–H groups in total. The maximum Gasteiger partial charge on any atom is 0.0950 e. The molecule has 0 aromatic carbocycles. The van der Waals surface area contributed by atoms with Crippen LogP contribution in [-0.4, -0.2) is 59.7 Å². The fourth-order valence-electron chi connectivity index (χ4n) is 2.45. The zero-order valence-electron chi connectivity index (χ0n) is 12.4. The van der Waals surface area contributed by atoms with E-state index in [0.717, 1.165) is 54.7 Å². The Kier molecular flexibility index (Phi) is 4.61. The monoisotopic (exact) mass is 283 g/mol. The lowest BCUT2D eigenvalue weighted by Gasteiger charge is -2.32. The zero-order valence-corrected chi connectivity index (χ0v) is 13.3. The first-order valence-electron chi connectivity index (χ1n) is 6.96. The highest BCUT2D eigenvalue weighted by atomic mass is 32.1. The minimum atomic E-state index is -0.770. The third kappa shape index (κ3) is 3.99. The number of rotatable bonds is 4. The van der Waals surface area contributed by atoms with Crippen LogP contribution in [-0.2, 0) is 12.0 Å². The lowest BCUT2D eigenvalue weighted by Crippen LogP contribution is -2.45. The first kappa shape index (κ1) is 14.9. The molecule has 4 nitrogen and oxygen atoms in total. The Bertz CT molecular complexity index is 417. The molecule has 0 radical (unpaired) electrons. The number of hydrogen-bond donors (Lipinski definition) is 1. The van der Waals surface area contributed by atoms with Crippen LogP contribution in [0, 0.1) is 6.92 Å². The number of aliphatic hydroxyl groups is 1. The second kappa shape index (κ2) is 5.87. The van der Waals surface area contributed by atoms with Crippen molar-refractivity contribution in [2.75, 3.05) is 39.8 Å². The third-order valence-corrected chi connectivity index (χ3v) is 5.16. The van der Waals surface area contributed by atoms with E-state index in [2.05, 4.69) is 21.8 Å². The number of piperazine rings is 1.